The zero-order chi connectivity index (χ0) is 21.3. The van der Waals surface area contributed by atoms with Crippen LogP contribution >= 0.6 is 58.0 Å². The summed E-state index contributed by atoms with van der Waals surface area (Å²) in [7, 11) is -3.82. The fourth-order valence-electron chi connectivity index (χ4n) is 2.44. The predicted molar refractivity (Wildman–Crippen MR) is 120 cm³/mol. The van der Waals surface area contributed by atoms with E-state index in [0.29, 0.717) is 5.02 Å². The minimum atomic E-state index is -3.82. The molecule has 0 aliphatic rings. The molecular formula is C19H12Cl5NO3S. The summed E-state index contributed by atoms with van der Waals surface area (Å²) in [6.45, 7) is 1.80. The van der Waals surface area contributed by atoms with Gasteiger partial charge in [0.15, 0.2) is 11.5 Å². The van der Waals surface area contributed by atoms with Crippen molar-refractivity contribution in [1.82, 2.24) is 0 Å². The molecule has 0 aliphatic heterocycles. The van der Waals surface area contributed by atoms with E-state index in [1.165, 1.54) is 30.3 Å². The molecule has 0 aliphatic carbocycles. The van der Waals surface area contributed by atoms with Crippen LogP contribution in [-0.4, -0.2) is 8.42 Å². The molecule has 10 heteroatoms. The molecule has 0 atom stereocenters. The molecule has 1 N–H and O–H groups in total. The zero-order valence-corrected chi connectivity index (χ0v) is 19.2. The van der Waals surface area contributed by atoms with Crippen LogP contribution in [0.25, 0.3) is 0 Å². The second-order valence-electron chi connectivity index (χ2n) is 5.99. The molecule has 3 aromatic rings. The summed E-state index contributed by atoms with van der Waals surface area (Å²) in [5, 5.41) is 0.784. The Hall–Kier alpha value is -1.34. The number of sulfonamides is 1. The maximum absolute atomic E-state index is 12.6. The van der Waals surface area contributed by atoms with E-state index in [1.807, 2.05) is 0 Å². The minimum Gasteiger partial charge on any atom is -0.451 e. The Labute approximate surface area is 193 Å². The Balaban J connectivity index is 1.92. The van der Waals surface area contributed by atoms with Crippen LogP contribution in [0.4, 0.5) is 5.69 Å². The average Bonchev–Trinajstić information content (AvgIpc) is 2.59. The van der Waals surface area contributed by atoms with Gasteiger partial charge in [-0.2, -0.15) is 0 Å². The van der Waals surface area contributed by atoms with Crippen molar-refractivity contribution in [2.45, 2.75) is 11.8 Å². The number of nitrogens with one attached hydrogen (secondary N) is 1. The van der Waals surface area contributed by atoms with Gasteiger partial charge in [-0.25, -0.2) is 8.42 Å². The van der Waals surface area contributed by atoms with Crippen LogP contribution in [0.1, 0.15) is 5.56 Å². The van der Waals surface area contributed by atoms with Crippen LogP contribution < -0.4 is 9.46 Å². The van der Waals surface area contributed by atoms with E-state index in [4.69, 9.17) is 62.7 Å². The molecule has 3 rings (SSSR count). The van der Waals surface area contributed by atoms with Gasteiger partial charge in [0.05, 0.1) is 30.7 Å². The minimum absolute atomic E-state index is 0.0570. The summed E-state index contributed by atoms with van der Waals surface area (Å²) < 4.78 is 33.3. The number of ether oxygens (including phenoxy) is 1. The maximum atomic E-state index is 12.6. The van der Waals surface area contributed by atoms with Gasteiger partial charge in [-0.15, -0.1) is 0 Å². The summed E-state index contributed by atoms with van der Waals surface area (Å²) in [5.41, 5.74) is 0.978. The summed E-state index contributed by atoms with van der Waals surface area (Å²) >= 11 is 30.7. The van der Waals surface area contributed by atoms with Crippen molar-refractivity contribution in [3.8, 4) is 11.5 Å². The van der Waals surface area contributed by atoms with Crippen molar-refractivity contribution >= 4 is 73.7 Å². The number of hydrogen-bond acceptors (Lipinski definition) is 3. The molecule has 0 saturated heterocycles. The first kappa shape index (κ1) is 22.3. The van der Waals surface area contributed by atoms with Crippen LogP contribution in [0.15, 0.2) is 53.4 Å². The van der Waals surface area contributed by atoms with Crippen LogP contribution in [0.2, 0.25) is 25.1 Å². The largest absolute Gasteiger partial charge is 0.451 e. The quantitative estimate of drug-likeness (QED) is 0.379. The lowest BCUT2D eigenvalue weighted by Crippen LogP contribution is -2.13. The molecule has 0 fully saturated rings. The van der Waals surface area contributed by atoms with Crippen molar-refractivity contribution in [2.24, 2.45) is 0 Å². The third kappa shape index (κ3) is 5.23. The lowest BCUT2D eigenvalue weighted by atomic mass is 10.2. The molecule has 3 aromatic carbocycles. The lowest BCUT2D eigenvalue weighted by Gasteiger charge is -2.15. The second kappa shape index (κ2) is 8.80. The molecule has 0 bridgehead atoms. The van der Waals surface area contributed by atoms with Crippen LogP contribution in [0.3, 0.4) is 0 Å². The molecule has 4 nitrogen and oxygen atoms in total. The molecular weight excluding hydrogens is 500 g/mol. The van der Waals surface area contributed by atoms with Crippen molar-refractivity contribution in [1.29, 1.82) is 0 Å². The third-order valence-electron chi connectivity index (χ3n) is 3.72. The molecule has 0 unspecified atom stereocenters. The second-order valence-corrected chi connectivity index (χ2v) is 9.74. The fraction of sp³-hybridized carbons (Fsp3) is 0.0526. The zero-order valence-electron chi connectivity index (χ0n) is 14.6. The number of aryl methyl sites for hydroxylation is 1. The van der Waals surface area contributed by atoms with Gasteiger partial charge in [-0.05, 0) is 48.9 Å². The molecule has 152 valence electrons. The molecule has 29 heavy (non-hydrogen) atoms. The third-order valence-corrected chi connectivity index (χ3v) is 6.44. The first-order chi connectivity index (χ1) is 13.6. The smallest absolute Gasteiger partial charge is 0.261 e. The number of benzene rings is 3. The molecule has 0 heterocycles. The van der Waals surface area contributed by atoms with Gasteiger partial charge in [0.25, 0.3) is 10.0 Å². The van der Waals surface area contributed by atoms with Gasteiger partial charge in [-0.3, -0.25) is 4.72 Å². The van der Waals surface area contributed by atoms with Crippen molar-refractivity contribution < 1.29 is 13.2 Å². The van der Waals surface area contributed by atoms with Gasteiger partial charge < -0.3 is 4.74 Å². The Morgan fingerprint density at radius 2 is 1.31 bits per heavy atom. The van der Waals surface area contributed by atoms with Crippen LogP contribution in [-0.2, 0) is 10.0 Å². The standard InChI is InChI=1S/C19H12Cl5NO3S/c1-10-3-2-4-13(5-10)29(26,27)25-12-8-16(23)19(17(24)9-12)28-18-14(21)6-11(20)7-15(18)22/h2-9,25H,1H3. The van der Waals surface area contributed by atoms with E-state index in [0.717, 1.165) is 5.56 Å². The highest BCUT2D eigenvalue weighted by atomic mass is 35.5. The van der Waals surface area contributed by atoms with Crippen LogP contribution in [0.5, 0.6) is 11.5 Å². The number of halogens is 5. The van der Waals surface area contributed by atoms with Gasteiger partial charge >= 0.3 is 0 Å². The highest BCUT2D eigenvalue weighted by Gasteiger charge is 2.19. The highest BCUT2D eigenvalue weighted by molar-refractivity contribution is 7.92. The van der Waals surface area contributed by atoms with Crippen molar-refractivity contribution in [3.63, 3.8) is 0 Å². The van der Waals surface area contributed by atoms with E-state index in [1.54, 1.807) is 25.1 Å². The van der Waals surface area contributed by atoms with Gasteiger partial charge in [-0.1, -0.05) is 70.1 Å². The Kier molecular flexibility index (Phi) is 6.78. The summed E-state index contributed by atoms with van der Waals surface area (Å²) in [5.74, 6) is 0.188. The molecule has 0 saturated carbocycles. The van der Waals surface area contributed by atoms with Gasteiger partial charge in [0.2, 0.25) is 0 Å². The number of rotatable bonds is 5. The van der Waals surface area contributed by atoms with E-state index < -0.39 is 10.0 Å². The number of hydrogen-bond donors (Lipinski definition) is 1. The molecule has 0 aromatic heterocycles. The molecule has 0 radical (unpaired) electrons. The Morgan fingerprint density at radius 1 is 0.793 bits per heavy atom. The monoisotopic (exact) mass is 509 g/mol. The SMILES string of the molecule is Cc1cccc(S(=O)(=O)Nc2cc(Cl)c(Oc3c(Cl)cc(Cl)cc3Cl)c(Cl)c2)c1. The molecule has 0 spiro atoms. The topological polar surface area (TPSA) is 55.4 Å². The summed E-state index contributed by atoms with van der Waals surface area (Å²) in [6.07, 6.45) is 0. The Bertz CT molecular complexity index is 1150. The predicted octanol–water partition coefficient (Wildman–Crippen LogP) is 7.86. The summed E-state index contributed by atoms with van der Waals surface area (Å²) in [6, 6.07) is 12.1. The molecule has 0 amide bonds. The fourth-order valence-corrected chi connectivity index (χ4v) is 5.04. The van der Waals surface area contributed by atoms with Gasteiger partial charge in [0.1, 0.15) is 0 Å². The average molecular weight is 512 g/mol. The van der Waals surface area contributed by atoms with E-state index >= 15 is 0 Å². The highest BCUT2D eigenvalue weighted by Crippen LogP contribution is 2.44. The summed E-state index contributed by atoms with van der Waals surface area (Å²) in [4.78, 5) is 0.116. The van der Waals surface area contributed by atoms with E-state index in [2.05, 4.69) is 4.72 Å². The van der Waals surface area contributed by atoms with Gasteiger partial charge in [0, 0.05) is 5.02 Å². The normalized spacial score (nSPS) is 11.4. The first-order valence-electron chi connectivity index (χ1n) is 7.98. The van der Waals surface area contributed by atoms with E-state index in [9.17, 15) is 8.42 Å². The maximum Gasteiger partial charge on any atom is 0.261 e. The van der Waals surface area contributed by atoms with Crippen molar-refractivity contribution in [2.75, 3.05) is 4.72 Å². The first-order valence-corrected chi connectivity index (χ1v) is 11.3. The van der Waals surface area contributed by atoms with Crippen LogP contribution in [0, 0.1) is 6.92 Å². The van der Waals surface area contributed by atoms with Crippen molar-refractivity contribution in [3.05, 3.63) is 79.2 Å². The number of anilines is 1. The Morgan fingerprint density at radius 3 is 1.83 bits per heavy atom. The van der Waals surface area contributed by atoms with E-state index in [-0.39, 0.29) is 42.2 Å². The lowest BCUT2D eigenvalue weighted by molar-refractivity contribution is 0.484.